The zero-order valence-corrected chi connectivity index (χ0v) is 17.5. The van der Waals surface area contributed by atoms with Crippen LogP contribution in [0.25, 0.3) is 0 Å². The topological polar surface area (TPSA) is 58.6 Å². The predicted molar refractivity (Wildman–Crippen MR) is 111 cm³/mol. The van der Waals surface area contributed by atoms with Crippen LogP contribution in [0.1, 0.15) is 18.9 Å². The summed E-state index contributed by atoms with van der Waals surface area (Å²) in [4.78, 5) is 26.9. The highest BCUT2D eigenvalue weighted by Crippen LogP contribution is 2.34. The van der Waals surface area contributed by atoms with E-state index in [0.29, 0.717) is 5.75 Å². The number of amides is 2. The van der Waals surface area contributed by atoms with Gasteiger partial charge in [0.1, 0.15) is 5.75 Å². The highest BCUT2D eigenvalue weighted by molar-refractivity contribution is 7.99. The molecule has 0 radical (unpaired) electrons. The zero-order chi connectivity index (χ0) is 22.1. The van der Waals surface area contributed by atoms with Crippen molar-refractivity contribution in [3.05, 3.63) is 54.1 Å². The second-order valence-electron chi connectivity index (χ2n) is 6.27. The summed E-state index contributed by atoms with van der Waals surface area (Å²) in [6.45, 7) is 1.68. The minimum atomic E-state index is -4.58. The van der Waals surface area contributed by atoms with Gasteiger partial charge < -0.3 is 15.0 Å². The Morgan fingerprint density at radius 2 is 1.77 bits per heavy atom. The van der Waals surface area contributed by atoms with Crippen LogP contribution in [0.15, 0.2) is 53.4 Å². The molecule has 0 aliphatic heterocycles. The van der Waals surface area contributed by atoms with Gasteiger partial charge >= 0.3 is 6.18 Å². The van der Waals surface area contributed by atoms with E-state index in [0.717, 1.165) is 16.7 Å². The molecule has 0 bridgehead atoms. The predicted octanol–water partition coefficient (Wildman–Crippen LogP) is 4.68. The fourth-order valence-corrected chi connectivity index (χ4v) is 3.51. The van der Waals surface area contributed by atoms with Gasteiger partial charge in [-0.3, -0.25) is 9.59 Å². The average Bonchev–Trinajstić information content (AvgIpc) is 2.72. The average molecular weight is 440 g/mol. The maximum absolute atomic E-state index is 13.1. The summed E-state index contributed by atoms with van der Waals surface area (Å²) in [6.07, 6.45) is -4.38. The van der Waals surface area contributed by atoms with Crippen LogP contribution in [0.4, 0.5) is 18.9 Å². The Bertz CT molecular complexity index is 857. The Morgan fingerprint density at radius 3 is 2.37 bits per heavy atom. The molecule has 2 rings (SSSR count). The number of likely N-dealkylation sites (N-methyl/N-ethyl adjacent to an activating group) is 1. The van der Waals surface area contributed by atoms with Crippen molar-refractivity contribution in [2.75, 3.05) is 31.3 Å². The second-order valence-corrected chi connectivity index (χ2v) is 7.44. The van der Waals surface area contributed by atoms with E-state index < -0.39 is 17.6 Å². The molecule has 162 valence electrons. The summed E-state index contributed by atoms with van der Waals surface area (Å²) in [7, 11) is 1.58. The Labute approximate surface area is 177 Å². The van der Waals surface area contributed by atoms with E-state index in [-0.39, 0.29) is 31.1 Å². The molecule has 0 aromatic heterocycles. The lowest BCUT2D eigenvalue weighted by atomic mass is 10.1. The third-order valence-electron chi connectivity index (χ3n) is 4.22. The molecule has 5 nitrogen and oxygen atoms in total. The summed E-state index contributed by atoms with van der Waals surface area (Å²) in [5, 5.41) is 2.26. The number of halogens is 3. The Morgan fingerprint density at radius 1 is 1.10 bits per heavy atom. The molecule has 2 aromatic rings. The van der Waals surface area contributed by atoms with Gasteiger partial charge in [0.25, 0.3) is 0 Å². The number of carbonyl (C=O) groups is 2. The van der Waals surface area contributed by atoms with Crippen LogP contribution in [0.3, 0.4) is 0 Å². The molecule has 0 heterocycles. The van der Waals surface area contributed by atoms with Crippen molar-refractivity contribution in [3.63, 3.8) is 0 Å². The van der Waals surface area contributed by atoms with Gasteiger partial charge in [0.15, 0.2) is 0 Å². The maximum Gasteiger partial charge on any atom is 0.418 e. The number of para-hydroxylation sites is 1. The standard InChI is InChI=1S/C21H23F3N2O3S/c1-3-26(20(28)12-13-30-16-10-8-15(29-2)9-11-16)14-19(27)25-18-7-5-4-6-17(18)21(22,23)24/h4-11H,3,12-14H2,1-2H3,(H,25,27). The lowest BCUT2D eigenvalue weighted by Gasteiger charge is -2.21. The van der Waals surface area contributed by atoms with Crippen LogP contribution in [0, 0.1) is 0 Å². The lowest BCUT2D eigenvalue weighted by Crippen LogP contribution is -2.38. The zero-order valence-electron chi connectivity index (χ0n) is 16.7. The van der Waals surface area contributed by atoms with Crippen LogP contribution in [-0.2, 0) is 15.8 Å². The van der Waals surface area contributed by atoms with Gasteiger partial charge in [-0.2, -0.15) is 13.2 Å². The first-order valence-corrected chi connectivity index (χ1v) is 10.2. The molecule has 30 heavy (non-hydrogen) atoms. The van der Waals surface area contributed by atoms with Crippen LogP contribution in [0.2, 0.25) is 0 Å². The summed E-state index contributed by atoms with van der Waals surface area (Å²) >= 11 is 1.49. The summed E-state index contributed by atoms with van der Waals surface area (Å²) < 4.78 is 44.2. The molecule has 0 saturated heterocycles. The number of anilines is 1. The highest BCUT2D eigenvalue weighted by Gasteiger charge is 2.33. The van der Waals surface area contributed by atoms with Crippen LogP contribution in [-0.4, -0.2) is 42.7 Å². The van der Waals surface area contributed by atoms with Gasteiger partial charge in [0.2, 0.25) is 11.8 Å². The first-order chi connectivity index (χ1) is 14.2. The summed E-state index contributed by atoms with van der Waals surface area (Å²) in [6, 6.07) is 12.2. The van der Waals surface area contributed by atoms with E-state index in [9.17, 15) is 22.8 Å². The lowest BCUT2D eigenvalue weighted by molar-refractivity contribution is -0.137. The summed E-state index contributed by atoms with van der Waals surface area (Å²) in [5.74, 6) is 0.341. The number of nitrogens with one attached hydrogen (secondary N) is 1. The van der Waals surface area contributed by atoms with Crippen LogP contribution in [0.5, 0.6) is 5.75 Å². The molecular weight excluding hydrogens is 417 g/mol. The van der Waals surface area contributed by atoms with Crippen molar-refractivity contribution in [2.24, 2.45) is 0 Å². The number of alkyl halides is 3. The van der Waals surface area contributed by atoms with Crippen molar-refractivity contribution < 1.29 is 27.5 Å². The van der Waals surface area contributed by atoms with Gasteiger partial charge in [-0.25, -0.2) is 0 Å². The van der Waals surface area contributed by atoms with Crippen molar-refractivity contribution in [1.29, 1.82) is 0 Å². The first-order valence-electron chi connectivity index (χ1n) is 9.25. The van der Waals surface area contributed by atoms with E-state index in [1.807, 2.05) is 24.3 Å². The van der Waals surface area contributed by atoms with Crippen LogP contribution >= 0.6 is 11.8 Å². The minimum absolute atomic E-state index is 0.205. The smallest absolute Gasteiger partial charge is 0.418 e. The Kier molecular flexibility index (Phi) is 8.58. The Hall–Kier alpha value is -2.68. The number of rotatable bonds is 9. The largest absolute Gasteiger partial charge is 0.497 e. The van der Waals surface area contributed by atoms with Crippen molar-refractivity contribution >= 4 is 29.3 Å². The number of benzene rings is 2. The number of thioether (sulfide) groups is 1. The molecule has 9 heteroatoms. The molecule has 0 aliphatic carbocycles. The van der Waals surface area contributed by atoms with Gasteiger partial charge in [-0.1, -0.05) is 12.1 Å². The number of ether oxygens (including phenoxy) is 1. The number of hydrogen-bond donors (Lipinski definition) is 1. The molecule has 0 saturated carbocycles. The molecule has 0 fully saturated rings. The molecule has 2 aromatic carbocycles. The van der Waals surface area contributed by atoms with E-state index in [1.54, 1.807) is 14.0 Å². The molecular formula is C21H23F3N2O3S. The van der Waals surface area contributed by atoms with Gasteiger partial charge in [0.05, 0.1) is 24.9 Å². The molecule has 0 atom stereocenters. The van der Waals surface area contributed by atoms with E-state index in [4.69, 9.17) is 4.74 Å². The molecule has 1 N–H and O–H groups in total. The minimum Gasteiger partial charge on any atom is -0.497 e. The first kappa shape index (κ1) is 23.6. The fraction of sp³-hybridized carbons (Fsp3) is 0.333. The fourth-order valence-electron chi connectivity index (χ4n) is 2.66. The van der Waals surface area contributed by atoms with Crippen LogP contribution < -0.4 is 10.1 Å². The van der Waals surface area contributed by atoms with Gasteiger partial charge in [0, 0.05) is 23.6 Å². The van der Waals surface area contributed by atoms with Crippen molar-refractivity contribution in [2.45, 2.75) is 24.4 Å². The molecule has 0 aliphatic rings. The number of nitrogens with zero attached hydrogens (tertiary/aromatic N) is 1. The monoisotopic (exact) mass is 440 g/mol. The third kappa shape index (κ3) is 6.98. The quantitative estimate of drug-likeness (QED) is 0.575. The molecule has 2 amide bonds. The maximum atomic E-state index is 13.1. The van der Waals surface area contributed by atoms with E-state index in [1.165, 1.54) is 34.9 Å². The molecule has 0 unspecified atom stereocenters. The van der Waals surface area contributed by atoms with E-state index >= 15 is 0 Å². The van der Waals surface area contributed by atoms with E-state index in [2.05, 4.69) is 5.32 Å². The SMILES string of the molecule is CCN(CC(=O)Nc1ccccc1C(F)(F)F)C(=O)CCSc1ccc(OC)cc1. The van der Waals surface area contributed by atoms with Crippen molar-refractivity contribution in [3.8, 4) is 5.75 Å². The number of carbonyl (C=O) groups excluding carboxylic acids is 2. The normalized spacial score (nSPS) is 11.1. The van der Waals surface area contributed by atoms with Crippen molar-refractivity contribution in [1.82, 2.24) is 4.90 Å². The Balaban J connectivity index is 1.88. The molecule has 0 spiro atoms. The number of methoxy groups -OCH3 is 1. The highest BCUT2D eigenvalue weighted by atomic mass is 32.2. The summed E-state index contributed by atoms with van der Waals surface area (Å²) in [5.41, 5.74) is -1.25. The number of hydrogen-bond acceptors (Lipinski definition) is 4. The third-order valence-corrected chi connectivity index (χ3v) is 5.23. The second kappa shape index (κ2) is 10.9. The van der Waals surface area contributed by atoms with Gasteiger partial charge in [-0.05, 0) is 43.3 Å². The van der Waals surface area contributed by atoms with Gasteiger partial charge in [-0.15, -0.1) is 11.8 Å².